The average Bonchev–Trinajstić information content (AvgIpc) is 3.36. The number of nitrogens with zero attached hydrogens (tertiary/aromatic N) is 3. The number of hydrogen-bond donors (Lipinski definition) is 0. The molecule has 0 bridgehead atoms. The van der Waals surface area contributed by atoms with Crippen LogP contribution in [0.15, 0.2) is 40.9 Å². The van der Waals surface area contributed by atoms with Gasteiger partial charge in [-0.3, -0.25) is 0 Å². The molecule has 0 N–H and O–H groups in total. The quantitative estimate of drug-likeness (QED) is 0.324. The molecule has 1 saturated heterocycles. The smallest absolute Gasteiger partial charge is 0.142 e. The zero-order valence-electron chi connectivity index (χ0n) is 19.1. The van der Waals surface area contributed by atoms with Gasteiger partial charge in [-0.05, 0) is 68.5 Å². The van der Waals surface area contributed by atoms with Crippen molar-refractivity contribution < 1.29 is 13.7 Å². The van der Waals surface area contributed by atoms with Crippen LogP contribution in [0, 0.1) is 19.7 Å². The number of imidazole rings is 1. The van der Waals surface area contributed by atoms with Crippen molar-refractivity contribution in [2.24, 2.45) is 0 Å². The molecule has 1 fully saturated rings. The van der Waals surface area contributed by atoms with Crippen LogP contribution in [-0.2, 0) is 11.2 Å². The largest absolute Gasteiger partial charge is 0.381 e. The van der Waals surface area contributed by atoms with Gasteiger partial charge in [-0.1, -0.05) is 35.8 Å². The number of rotatable bonds is 5. The Morgan fingerprint density at radius 1 is 1.15 bits per heavy atom. The number of fused-ring (bicyclic) bond motifs is 1. The van der Waals surface area contributed by atoms with Gasteiger partial charge in [-0.25, -0.2) is 9.37 Å². The third kappa shape index (κ3) is 4.18. The molecule has 2 aromatic carbocycles. The molecular weight excluding hydrogens is 441 g/mol. The summed E-state index contributed by atoms with van der Waals surface area (Å²) in [5.41, 5.74) is 5.91. The number of halogens is 2. The minimum absolute atomic E-state index is 0.100. The fraction of sp³-hybridized carbons (Fsp3) is 0.385. The van der Waals surface area contributed by atoms with Crippen LogP contribution in [0.4, 0.5) is 4.39 Å². The van der Waals surface area contributed by atoms with Crippen molar-refractivity contribution in [3.05, 3.63) is 70.1 Å². The van der Waals surface area contributed by atoms with E-state index in [1.165, 1.54) is 6.07 Å². The third-order valence-electron chi connectivity index (χ3n) is 6.56. The lowest BCUT2D eigenvalue weighted by Gasteiger charge is -2.27. The molecule has 0 saturated carbocycles. The van der Waals surface area contributed by atoms with Crippen LogP contribution in [0.2, 0.25) is 5.02 Å². The van der Waals surface area contributed by atoms with Gasteiger partial charge in [0.25, 0.3) is 0 Å². The van der Waals surface area contributed by atoms with Gasteiger partial charge < -0.3 is 13.8 Å². The molecular formula is C26H27ClFN3O2. The fourth-order valence-electron chi connectivity index (χ4n) is 4.95. The van der Waals surface area contributed by atoms with Gasteiger partial charge in [0.1, 0.15) is 17.4 Å². The van der Waals surface area contributed by atoms with Crippen LogP contribution in [0.25, 0.3) is 22.2 Å². The van der Waals surface area contributed by atoms with Crippen molar-refractivity contribution in [1.29, 1.82) is 0 Å². The highest BCUT2D eigenvalue weighted by molar-refractivity contribution is 6.30. The highest BCUT2D eigenvalue weighted by Crippen LogP contribution is 2.35. The topological polar surface area (TPSA) is 53.1 Å². The maximum absolute atomic E-state index is 14.0. The Balaban J connectivity index is 1.58. The molecule has 33 heavy (non-hydrogen) atoms. The number of hydrogen-bond acceptors (Lipinski definition) is 4. The van der Waals surface area contributed by atoms with E-state index in [2.05, 4.69) is 34.8 Å². The van der Waals surface area contributed by atoms with Gasteiger partial charge in [-0.2, -0.15) is 0 Å². The number of ether oxygens (including phenoxy) is 1. The Labute approximate surface area is 197 Å². The molecule has 5 rings (SSSR count). The Hall–Kier alpha value is -2.70. The van der Waals surface area contributed by atoms with Crippen LogP contribution >= 0.6 is 11.6 Å². The summed E-state index contributed by atoms with van der Waals surface area (Å²) in [5.74, 6) is 1.53. The summed E-state index contributed by atoms with van der Waals surface area (Å²) in [4.78, 5) is 5.11. The fourth-order valence-corrected chi connectivity index (χ4v) is 5.07. The normalized spacial score (nSPS) is 15.9. The molecule has 1 aliphatic rings. The van der Waals surface area contributed by atoms with E-state index in [1.54, 1.807) is 6.07 Å². The number of aryl methyl sites for hydroxylation is 2. The molecule has 0 spiro atoms. The molecule has 1 atom stereocenters. The summed E-state index contributed by atoms with van der Waals surface area (Å²) in [6, 6.07) is 11.8. The Morgan fingerprint density at radius 3 is 2.64 bits per heavy atom. The first kappa shape index (κ1) is 22.1. The van der Waals surface area contributed by atoms with Crippen molar-refractivity contribution >= 4 is 22.6 Å². The van der Waals surface area contributed by atoms with E-state index in [0.29, 0.717) is 12.5 Å². The van der Waals surface area contributed by atoms with Gasteiger partial charge in [0.2, 0.25) is 0 Å². The zero-order chi connectivity index (χ0) is 23.1. The Morgan fingerprint density at radius 2 is 1.94 bits per heavy atom. The van der Waals surface area contributed by atoms with Gasteiger partial charge >= 0.3 is 0 Å². The molecule has 172 valence electrons. The van der Waals surface area contributed by atoms with Gasteiger partial charge in [0.05, 0.1) is 21.7 Å². The van der Waals surface area contributed by atoms with Crippen molar-refractivity contribution in [3.8, 4) is 11.1 Å². The molecule has 7 heteroatoms. The lowest BCUT2D eigenvalue weighted by atomic mass is 9.99. The van der Waals surface area contributed by atoms with E-state index >= 15 is 0 Å². The SMILES string of the molecule is Cc1noc(C)c1-c1ccc2c(c1)nc(C(C)Cc1ccc(Cl)c(F)c1)n2C1CCOCC1. The maximum Gasteiger partial charge on any atom is 0.142 e. The summed E-state index contributed by atoms with van der Waals surface area (Å²) in [6.45, 7) is 7.53. The van der Waals surface area contributed by atoms with Crippen molar-refractivity contribution in [2.75, 3.05) is 13.2 Å². The van der Waals surface area contributed by atoms with E-state index in [4.69, 9.17) is 25.8 Å². The minimum Gasteiger partial charge on any atom is -0.381 e. The molecule has 0 aliphatic carbocycles. The van der Waals surface area contributed by atoms with Gasteiger partial charge in [0.15, 0.2) is 0 Å². The summed E-state index contributed by atoms with van der Waals surface area (Å²) in [5, 5.41) is 4.25. The predicted molar refractivity (Wildman–Crippen MR) is 127 cm³/mol. The van der Waals surface area contributed by atoms with Crippen LogP contribution in [0.5, 0.6) is 0 Å². The van der Waals surface area contributed by atoms with E-state index in [-0.39, 0.29) is 16.8 Å². The average molecular weight is 468 g/mol. The molecule has 0 radical (unpaired) electrons. The van der Waals surface area contributed by atoms with Crippen LogP contribution in [-0.4, -0.2) is 27.9 Å². The maximum atomic E-state index is 14.0. The van der Waals surface area contributed by atoms with E-state index < -0.39 is 0 Å². The Kier molecular flexibility index (Phi) is 5.97. The third-order valence-corrected chi connectivity index (χ3v) is 6.87. The second kappa shape index (κ2) is 8.92. The lowest BCUT2D eigenvalue weighted by Crippen LogP contribution is -2.22. The number of aromatic nitrogens is 3. The molecule has 4 aromatic rings. The minimum atomic E-state index is -0.386. The molecule has 1 aliphatic heterocycles. The lowest BCUT2D eigenvalue weighted by molar-refractivity contribution is 0.0696. The summed E-state index contributed by atoms with van der Waals surface area (Å²) in [7, 11) is 0. The highest BCUT2D eigenvalue weighted by atomic mass is 35.5. The standard InChI is InChI=1S/C26H27ClFN3O2/c1-15(12-18-4-6-21(27)22(28)13-18)26-29-23-14-19(25-16(2)30-33-17(25)3)5-7-24(23)31(26)20-8-10-32-11-9-20/h4-7,13-15,20H,8-12H2,1-3H3. The Bertz CT molecular complexity index is 1290. The number of benzene rings is 2. The zero-order valence-corrected chi connectivity index (χ0v) is 19.8. The molecule has 3 heterocycles. The van der Waals surface area contributed by atoms with Crippen LogP contribution in [0.1, 0.15) is 54.6 Å². The molecule has 5 nitrogen and oxygen atoms in total. The second-order valence-electron chi connectivity index (χ2n) is 8.94. The van der Waals surface area contributed by atoms with Crippen molar-refractivity contribution in [3.63, 3.8) is 0 Å². The van der Waals surface area contributed by atoms with Gasteiger partial charge in [0, 0.05) is 30.7 Å². The predicted octanol–water partition coefficient (Wildman–Crippen LogP) is 6.80. The summed E-state index contributed by atoms with van der Waals surface area (Å²) in [6.07, 6.45) is 2.58. The van der Waals surface area contributed by atoms with Gasteiger partial charge in [-0.15, -0.1) is 0 Å². The molecule has 0 amide bonds. The van der Waals surface area contributed by atoms with E-state index in [1.807, 2.05) is 19.9 Å². The first-order chi connectivity index (χ1) is 15.9. The monoisotopic (exact) mass is 467 g/mol. The first-order valence-electron chi connectivity index (χ1n) is 11.4. The van der Waals surface area contributed by atoms with E-state index in [0.717, 1.165) is 71.1 Å². The van der Waals surface area contributed by atoms with Crippen molar-refractivity contribution in [1.82, 2.24) is 14.7 Å². The molecule has 1 unspecified atom stereocenters. The van der Waals surface area contributed by atoms with Crippen LogP contribution < -0.4 is 0 Å². The van der Waals surface area contributed by atoms with Crippen molar-refractivity contribution in [2.45, 2.75) is 52.0 Å². The molecule has 2 aromatic heterocycles. The summed E-state index contributed by atoms with van der Waals surface area (Å²) < 4.78 is 27.4. The first-order valence-corrected chi connectivity index (χ1v) is 11.8. The summed E-state index contributed by atoms with van der Waals surface area (Å²) >= 11 is 5.88. The second-order valence-corrected chi connectivity index (χ2v) is 9.35. The van der Waals surface area contributed by atoms with Crippen LogP contribution in [0.3, 0.4) is 0 Å². The highest BCUT2D eigenvalue weighted by Gasteiger charge is 2.25. The van der Waals surface area contributed by atoms with E-state index in [9.17, 15) is 4.39 Å².